The molecule has 2 rings (SSSR count). The number of hydrogen-bond donors (Lipinski definition) is 1. The Hall–Kier alpha value is -1.09. The normalized spacial score (nSPS) is 10.3. The van der Waals surface area contributed by atoms with Gasteiger partial charge in [0.15, 0.2) is 0 Å². The van der Waals surface area contributed by atoms with Crippen molar-refractivity contribution in [3.05, 3.63) is 57.0 Å². The van der Waals surface area contributed by atoms with E-state index in [0.29, 0.717) is 27.4 Å². The summed E-state index contributed by atoms with van der Waals surface area (Å²) in [6.07, 6.45) is 0. The summed E-state index contributed by atoms with van der Waals surface area (Å²) in [5, 5.41) is 5.09. The summed E-state index contributed by atoms with van der Waals surface area (Å²) in [4.78, 5) is 0. The fourth-order valence-corrected chi connectivity index (χ4v) is 2.45. The molecule has 2 aromatic rings. The monoisotopic (exact) mass is 315 g/mol. The van der Waals surface area contributed by atoms with Crippen LogP contribution in [0.5, 0.6) is 5.75 Å². The van der Waals surface area contributed by atoms with Gasteiger partial charge in [-0.1, -0.05) is 34.8 Å². The van der Waals surface area contributed by atoms with Gasteiger partial charge in [0.2, 0.25) is 0 Å². The predicted molar refractivity (Wildman–Crippen MR) is 81.8 cm³/mol. The van der Waals surface area contributed by atoms with E-state index in [9.17, 15) is 0 Å². The maximum absolute atomic E-state index is 5.97. The van der Waals surface area contributed by atoms with Gasteiger partial charge in [0.05, 0.1) is 12.1 Å². The lowest BCUT2D eigenvalue weighted by Crippen LogP contribution is -1.99. The molecule has 5 heteroatoms. The van der Waals surface area contributed by atoms with Crippen LogP contribution in [0.2, 0.25) is 15.1 Å². The van der Waals surface area contributed by atoms with E-state index in [1.54, 1.807) is 19.2 Å². The second-order valence-corrected chi connectivity index (χ2v) is 5.26. The largest absolute Gasteiger partial charge is 0.495 e. The SMILES string of the molecule is COc1cc(NCc2cc(Cl)cc(Cl)c2)ccc1Cl. The second-order valence-electron chi connectivity index (χ2n) is 3.98. The van der Waals surface area contributed by atoms with Crippen LogP contribution in [0, 0.1) is 0 Å². The molecule has 19 heavy (non-hydrogen) atoms. The average molecular weight is 317 g/mol. The third kappa shape index (κ3) is 3.93. The molecule has 0 atom stereocenters. The number of rotatable bonds is 4. The van der Waals surface area contributed by atoms with E-state index in [-0.39, 0.29) is 0 Å². The zero-order chi connectivity index (χ0) is 13.8. The summed E-state index contributed by atoms with van der Waals surface area (Å²) < 4.78 is 5.16. The third-order valence-corrected chi connectivity index (χ3v) is 3.32. The molecule has 2 nitrogen and oxygen atoms in total. The van der Waals surface area contributed by atoms with E-state index in [1.165, 1.54) is 0 Å². The van der Waals surface area contributed by atoms with Gasteiger partial charge in [-0.3, -0.25) is 0 Å². The summed E-state index contributed by atoms with van der Waals surface area (Å²) in [7, 11) is 1.59. The lowest BCUT2D eigenvalue weighted by Gasteiger charge is -2.10. The summed E-state index contributed by atoms with van der Waals surface area (Å²) in [5.41, 5.74) is 1.92. The van der Waals surface area contributed by atoms with Crippen molar-refractivity contribution in [1.82, 2.24) is 0 Å². The number of ether oxygens (including phenoxy) is 1. The molecule has 0 aliphatic rings. The van der Waals surface area contributed by atoms with Crippen molar-refractivity contribution in [3.8, 4) is 5.75 Å². The lowest BCUT2D eigenvalue weighted by atomic mass is 10.2. The van der Waals surface area contributed by atoms with E-state index < -0.39 is 0 Å². The van der Waals surface area contributed by atoms with Crippen molar-refractivity contribution in [3.63, 3.8) is 0 Å². The summed E-state index contributed by atoms with van der Waals surface area (Å²) >= 11 is 17.9. The van der Waals surface area contributed by atoms with Crippen LogP contribution in [0.15, 0.2) is 36.4 Å². The molecule has 0 amide bonds. The van der Waals surface area contributed by atoms with Crippen LogP contribution in [-0.2, 0) is 6.54 Å². The van der Waals surface area contributed by atoms with E-state index in [1.807, 2.05) is 24.3 Å². The number of halogens is 3. The molecule has 0 bridgehead atoms. The first kappa shape index (κ1) is 14.3. The second kappa shape index (κ2) is 6.38. The number of benzene rings is 2. The molecule has 0 radical (unpaired) electrons. The highest BCUT2D eigenvalue weighted by molar-refractivity contribution is 6.34. The fourth-order valence-electron chi connectivity index (χ4n) is 1.69. The Morgan fingerprint density at radius 3 is 2.32 bits per heavy atom. The van der Waals surface area contributed by atoms with Crippen molar-refractivity contribution in [2.45, 2.75) is 6.54 Å². The van der Waals surface area contributed by atoms with E-state index in [4.69, 9.17) is 39.5 Å². The lowest BCUT2D eigenvalue weighted by molar-refractivity contribution is 0.415. The molecule has 0 saturated carbocycles. The Morgan fingerprint density at radius 2 is 1.68 bits per heavy atom. The quantitative estimate of drug-likeness (QED) is 0.830. The summed E-state index contributed by atoms with van der Waals surface area (Å²) in [5.74, 6) is 0.635. The Labute approximate surface area is 127 Å². The minimum Gasteiger partial charge on any atom is -0.495 e. The first-order chi connectivity index (χ1) is 9.08. The highest BCUT2D eigenvalue weighted by Gasteiger charge is 2.03. The standard InChI is InChI=1S/C14H12Cl3NO/c1-19-14-7-12(2-3-13(14)17)18-8-9-4-10(15)6-11(16)5-9/h2-7,18H,8H2,1H3. The minimum absolute atomic E-state index is 0.582. The summed E-state index contributed by atoms with van der Waals surface area (Å²) in [6.45, 7) is 0.616. The first-order valence-electron chi connectivity index (χ1n) is 5.61. The van der Waals surface area contributed by atoms with Gasteiger partial charge in [0.25, 0.3) is 0 Å². The van der Waals surface area contributed by atoms with Gasteiger partial charge < -0.3 is 10.1 Å². The Bertz CT molecular complexity index is 567. The highest BCUT2D eigenvalue weighted by Crippen LogP contribution is 2.28. The predicted octanol–water partition coefficient (Wildman–Crippen LogP) is 5.27. The van der Waals surface area contributed by atoms with Gasteiger partial charge >= 0.3 is 0 Å². The van der Waals surface area contributed by atoms with Crippen LogP contribution < -0.4 is 10.1 Å². The molecule has 0 unspecified atom stereocenters. The molecule has 0 heterocycles. The molecule has 0 aromatic heterocycles. The molecule has 100 valence electrons. The average Bonchev–Trinajstić information content (AvgIpc) is 2.36. The molecule has 0 aliphatic carbocycles. The van der Waals surface area contributed by atoms with Crippen molar-refractivity contribution < 1.29 is 4.74 Å². The topological polar surface area (TPSA) is 21.3 Å². The van der Waals surface area contributed by atoms with Crippen LogP contribution in [0.25, 0.3) is 0 Å². The first-order valence-corrected chi connectivity index (χ1v) is 6.74. The molecule has 2 aromatic carbocycles. The number of methoxy groups -OCH3 is 1. The van der Waals surface area contributed by atoms with Crippen molar-refractivity contribution >= 4 is 40.5 Å². The number of anilines is 1. The smallest absolute Gasteiger partial charge is 0.139 e. The minimum atomic E-state index is 0.582. The van der Waals surface area contributed by atoms with Crippen molar-refractivity contribution in [2.75, 3.05) is 12.4 Å². The van der Waals surface area contributed by atoms with Crippen LogP contribution in [0.3, 0.4) is 0 Å². The number of nitrogens with one attached hydrogen (secondary N) is 1. The molecule has 0 saturated heterocycles. The molecule has 1 N–H and O–H groups in total. The van der Waals surface area contributed by atoms with Gasteiger partial charge in [0, 0.05) is 28.3 Å². The molecule has 0 fully saturated rings. The van der Waals surface area contributed by atoms with Crippen LogP contribution in [0.1, 0.15) is 5.56 Å². The summed E-state index contributed by atoms with van der Waals surface area (Å²) in [6, 6.07) is 11.0. The molecule has 0 spiro atoms. The van der Waals surface area contributed by atoms with E-state index in [0.717, 1.165) is 11.3 Å². The van der Waals surface area contributed by atoms with Crippen LogP contribution in [0.4, 0.5) is 5.69 Å². The van der Waals surface area contributed by atoms with Crippen molar-refractivity contribution in [2.24, 2.45) is 0 Å². The zero-order valence-corrected chi connectivity index (χ0v) is 12.5. The molecular formula is C14H12Cl3NO. The van der Waals surface area contributed by atoms with Gasteiger partial charge in [-0.25, -0.2) is 0 Å². The van der Waals surface area contributed by atoms with Crippen LogP contribution in [-0.4, -0.2) is 7.11 Å². The Balaban J connectivity index is 2.10. The number of hydrogen-bond acceptors (Lipinski definition) is 2. The van der Waals surface area contributed by atoms with Gasteiger partial charge in [0.1, 0.15) is 5.75 Å². The highest BCUT2D eigenvalue weighted by atomic mass is 35.5. The van der Waals surface area contributed by atoms with E-state index in [2.05, 4.69) is 5.32 Å². The Morgan fingerprint density at radius 1 is 1.00 bits per heavy atom. The molecular weight excluding hydrogens is 305 g/mol. The third-order valence-electron chi connectivity index (χ3n) is 2.57. The fraction of sp³-hybridized carbons (Fsp3) is 0.143. The van der Waals surface area contributed by atoms with Crippen LogP contribution >= 0.6 is 34.8 Å². The van der Waals surface area contributed by atoms with Gasteiger partial charge in [-0.05, 0) is 35.9 Å². The van der Waals surface area contributed by atoms with Gasteiger partial charge in [-0.2, -0.15) is 0 Å². The van der Waals surface area contributed by atoms with E-state index >= 15 is 0 Å². The maximum atomic E-state index is 5.97. The van der Waals surface area contributed by atoms with Crippen molar-refractivity contribution in [1.29, 1.82) is 0 Å². The zero-order valence-electron chi connectivity index (χ0n) is 10.2. The Kier molecular flexibility index (Phi) is 4.81. The molecule has 0 aliphatic heterocycles. The van der Waals surface area contributed by atoms with Gasteiger partial charge in [-0.15, -0.1) is 0 Å². The maximum Gasteiger partial charge on any atom is 0.139 e.